The monoisotopic (exact) mass is 272 g/mol. The summed E-state index contributed by atoms with van der Waals surface area (Å²) in [5, 5.41) is 16.2. The number of aliphatic hydroxyl groups excluding tert-OH is 1. The Morgan fingerprint density at radius 3 is 2.67 bits per heavy atom. The lowest BCUT2D eigenvalue weighted by molar-refractivity contribution is -0.0482. The number of hydrogen-bond donors (Lipinski definition) is 2. The van der Waals surface area contributed by atoms with Crippen LogP contribution in [0, 0.1) is 6.92 Å². The maximum absolute atomic E-state index is 9.81. The molecule has 2 N–H and O–H groups in total. The SMILES string of the molecule is Cc1csc(C(C)NCC(O)COC(C)(C)C)n1. The summed E-state index contributed by atoms with van der Waals surface area (Å²) in [4.78, 5) is 4.42. The second-order valence-electron chi connectivity index (χ2n) is 5.53. The summed E-state index contributed by atoms with van der Waals surface area (Å²) in [6.45, 7) is 10.8. The van der Waals surface area contributed by atoms with Crippen LogP contribution in [-0.4, -0.2) is 34.9 Å². The van der Waals surface area contributed by atoms with Crippen molar-refractivity contribution < 1.29 is 9.84 Å². The molecule has 0 saturated heterocycles. The second-order valence-corrected chi connectivity index (χ2v) is 6.42. The summed E-state index contributed by atoms with van der Waals surface area (Å²) in [5.41, 5.74) is 0.833. The summed E-state index contributed by atoms with van der Waals surface area (Å²) in [6, 6.07) is 0.160. The standard InChI is InChI=1S/C13H24N2O2S/c1-9-8-18-12(15-9)10(2)14-6-11(16)7-17-13(3,4)5/h8,10-11,14,16H,6-7H2,1-5H3. The van der Waals surface area contributed by atoms with Crippen LogP contribution >= 0.6 is 11.3 Å². The molecule has 0 amide bonds. The molecule has 0 bridgehead atoms. The fourth-order valence-corrected chi connectivity index (χ4v) is 2.20. The van der Waals surface area contributed by atoms with Gasteiger partial charge in [0.25, 0.3) is 0 Å². The van der Waals surface area contributed by atoms with Crippen molar-refractivity contribution in [2.24, 2.45) is 0 Å². The van der Waals surface area contributed by atoms with Crippen LogP contribution in [0.1, 0.15) is 44.4 Å². The molecule has 18 heavy (non-hydrogen) atoms. The number of aromatic nitrogens is 1. The third-order valence-electron chi connectivity index (χ3n) is 2.38. The van der Waals surface area contributed by atoms with Crippen LogP contribution in [0.4, 0.5) is 0 Å². The van der Waals surface area contributed by atoms with E-state index in [2.05, 4.69) is 17.2 Å². The van der Waals surface area contributed by atoms with E-state index >= 15 is 0 Å². The highest BCUT2D eigenvalue weighted by Gasteiger charge is 2.15. The molecular weight excluding hydrogens is 248 g/mol. The van der Waals surface area contributed by atoms with Gasteiger partial charge in [-0.1, -0.05) is 0 Å². The molecular formula is C13H24N2O2S. The molecule has 5 heteroatoms. The first-order valence-electron chi connectivity index (χ1n) is 6.25. The molecule has 1 rings (SSSR count). The molecule has 0 aliphatic carbocycles. The summed E-state index contributed by atoms with van der Waals surface area (Å²) in [6.07, 6.45) is -0.493. The van der Waals surface area contributed by atoms with Crippen molar-refractivity contribution in [3.05, 3.63) is 16.1 Å². The topological polar surface area (TPSA) is 54.4 Å². The smallest absolute Gasteiger partial charge is 0.110 e. The van der Waals surface area contributed by atoms with Crippen molar-refractivity contribution in [1.29, 1.82) is 0 Å². The van der Waals surface area contributed by atoms with E-state index in [-0.39, 0.29) is 11.6 Å². The third-order valence-corrected chi connectivity index (χ3v) is 3.52. The number of hydrogen-bond acceptors (Lipinski definition) is 5. The molecule has 0 aromatic carbocycles. The van der Waals surface area contributed by atoms with Crippen LogP contribution in [0.25, 0.3) is 0 Å². The van der Waals surface area contributed by atoms with Gasteiger partial charge >= 0.3 is 0 Å². The van der Waals surface area contributed by atoms with Crippen LogP contribution in [0.3, 0.4) is 0 Å². The highest BCUT2D eigenvalue weighted by atomic mass is 32.1. The highest BCUT2D eigenvalue weighted by Crippen LogP contribution is 2.17. The zero-order valence-corrected chi connectivity index (χ0v) is 12.7. The van der Waals surface area contributed by atoms with E-state index in [4.69, 9.17) is 4.74 Å². The van der Waals surface area contributed by atoms with Gasteiger partial charge in [-0.15, -0.1) is 11.3 Å². The molecule has 0 saturated carbocycles. The number of rotatable bonds is 6. The minimum Gasteiger partial charge on any atom is -0.389 e. The Morgan fingerprint density at radius 1 is 1.50 bits per heavy atom. The normalized spacial score (nSPS) is 15.7. The maximum atomic E-state index is 9.81. The average Bonchev–Trinajstić information content (AvgIpc) is 2.69. The van der Waals surface area contributed by atoms with Gasteiger partial charge in [0, 0.05) is 17.6 Å². The molecule has 2 unspecified atom stereocenters. The van der Waals surface area contributed by atoms with E-state index in [9.17, 15) is 5.11 Å². The Labute approximate surface area is 113 Å². The Kier molecular flexibility index (Phi) is 5.72. The minimum absolute atomic E-state index is 0.160. The zero-order chi connectivity index (χ0) is 13.8. The van der Waals surface area contributed by atoms with Crippen LogP contribution in [-0.2, 0) is 4.74 Å². The first kappa shape index (κ1) is 15.6. The average molecular weight is 272 g/mol. The summed E-state index contributed by atoms with van der Waals surface area (Å²) >= 11 is 1.64. The molecule has 0 aliphatic heterocycles. The van der Waals surface area contributed by atoms with Gasteiger partial charge in [-0.3, -0.25) is 0 Å². The Hall–Kier alpha value is -0.490. The zero-order valence-electron chi connectivity index (χ0n) is 11.9. The molecule has 2 atom stereocenters. The van der Waals surface area contributed by atoms with E-state index in [1.54, 1.807) is 11.3 Å². The molecule has 1 aromatic rings. The van der Waals surface area contributed by atoms with Gasteiger partial charge in [0.15, 0.2) is 0 Å². The van der Waals surface area contributed by atoms with Gasteiger partial charge in [-0.2, -0.15) is 0 Å². The van der Waals surface area contributed by atoms with Gasteiger partial charge < -0.3 is 15.2 Å². The van der Waals surface area contributed by atoms with Gasteiger partial charge in [0.05, 0.1) is 24.4 Å². The molecule has 4 nitrogen and oxygen atoms in total. The third kappa shape index (κ3) is 5.91. The first-order chi connectivity index (χ1) is 8.28. The predicted octanol–water partition coefficient (Wildman–Crippen LogP) is 2.28. The van der Waals surface area contributed by atoms with Gasteiger partial charge in [-0.05, 0) is 34.6 Å². The summed E-state index contributed by atoms with van der Waals surface area (Å²) in [5.74, 6) is 0. The van der Waals surface area contributed by atoms with Crippen molar-refractivity contribution in [2.75, 3.05) is 13.2 Å². The predicted molar refractivity (Wildman–Crippen MR) is 75.0 cm³/mol. The molecule has 0 fully saturated rings. The minimum atomic E-state index is -0.493. The number of nitrogens with zero attached hydrogens (tertiary/aromatic N) is 1. The molecule has 1 aromatic heterocycles. The lowest BCUT2D eigenvalue weighted by atomic mass is 10.2. The molecule has 0 radical (unpaired) electrons. The number of thiazole rings is 1. The number of aliphatic hydroxyl groups is 1. The van der Waals surface area contributed by atoms with E-state index in [0.717, 1.165) is 10.7 Å². The maximum Gasteiger partial charge on any atom is 0.110 e. The highest BCUT2D eigenvalue weighted by molar-refractivity contribution is 7.09. The van der Waals surface area contributed by atoms with Crippen molar-refractivity contribution in [2.45, 2.75) is 52.4 Å². The van der Waals surface area contributed by atoms with Crippen LogP contribution in [0.15, 0.2) is 5.38 Å². The van der Waals surface area contributed by atoms with Gasteiger partial charge in [0.1, 0.15) is 5.01 Å². The fourth-order valence-electron chi connectivity index (χ4n) is 1.38. The molecule has 1 heterocycles. The van der Waals surface area contributed by atoms with E-state index < -0.39 is 6.10 Å². The lowest BCUT2D eigenvalue weighted by Gasteiger charge is -2.22. The second kappa shape index (κ2) is 6.61. The lowest BCUT2D eigenvalue weighted by Crippen LogP contribution is -2.34. The number of aryl methyl sites for hydroxylation is 1. The van der Waals surface area contributed by atoms with Gasteiger partial charge in [-0.25, -0.2) is 4.98 Å². The number of ether oxygens (including phenoxy) is 1. The number of nitrogens with one attached hydrogen (secondary N) is 1. The Morgan fingerprint density at radius 2 is 2.17 bits per heavy atom. The fraction of sp³-hybridized carbons (Fsp3) is 0.769. The van der Waals surface area contributed by atoms with Crippen molar-refractivity contribution in [3.8, 4) is 0 Å². The first-order valence-corrected chi connectivity index (χ1v) is 7.13. The van der Waals surface area contributed by atoms with Crippen LogP contribution in [0.5, 0.6) is 0 Å². The van der Waals surface area contributed by atoms with E-state index in [0.29, 0.717) is 13.2 Å². The van der Waals surface area contributed by atoms with E-state index in [1.165, 1.54) is 0 Å². The molecule has 0 aliphatic rings. The Balaban J connectivity index is 2.28. The largest absolute Gasteiger partial charge is 0.389 e. The van der Waals surface area contributed by atoms with E-state index in [1.807, 2.05) is 33.1 Å². The van der Waals surface area contributed by atoms with Crippen molar-refractivity contribution in [3.63, 3.8) is 0 Å². The molecule has 104 valence electrons. The van der Waals surface area contributed by atoms with Crippen molar-refractivity contribution >= 4 is 11.3 Å². The van der Waals surface area contributed by atoms with Crippen LogP contribution in [0.2, 0.25) is 0 Å². The quantitative estimate of drug-likeness (QED) is 0.834. The van der Waals surface area contributed by atoms with Crippen molar-refractivity contribution in [1.82, 2.24) is 10.3 Å². The summed E-state index contributed by atoms with van der Waals surface area (Å²) < 4.78 is 5.53. The Bertz CT molecular complexity index is 360. The summed E-state index contributed by atoms with van der Waals surface area (Å²) in [7, 11) is 0. The van der Waals surface area contributed by atoms with Gasteiger partial charge in [0.2, 0.25) is 0 Å². The molecule has 0 spiro atoms. The van der Waals surface area contributed by atoms with Crippen LogP contribution < -0.4 is 5.32 Å².